The Kier molecular flexibility index (Phi) is 2.80. The van der Waals surface area contributed by atoms with Gasteiger partial charge in [-0.2, -0.15) is 0 Å². The topological polar surface area (TPSA) is 40.5 Å². The molecule has 108 valence electrons. The van der Waals surface area contributed by atoms with Crippen molar-refractivity contribution in [2.75, 3.05) is 13.2 Å². The van der Waals surface area contributed by atoms with Crippen molar-refractivity contribution in [2.45, 2.75) is 45.4 Å². The highest BCUT2D eigenvalue weighted by atomic mass is 16.3. The van der Waals surface area contributed by atoms with Crippen molar-refractivity contribution in [3.05, 3.63) is 0 Å². The van der Waals surface area contributed by atoms with Crippen molar-refractivity contribution in [3.63, 3.8) is 0 Å². The second-order valence-electron chi connectivity index (χ2n) is 8.00. The first kappa shape index (κ1) is 12.6. The summed E-state index contributed by atoms with van der Waals surface area (Å²) < 4.78 is 0. The predicted molar refractivity (Wildman–Crippen MR) is 74.4 cm³/mol. The van der Waals surface area contributed by atoms with Crippen LogP contribution in [0.2, 0.25) is 0 Å². The first-order chi connectivity index (χ1) is 9.24. The van der Waals surface area contributed by atoms with Gasteiger partial charge < -0.3 is 10.2 Å². The number of aliphatic hydroxyl groups excluding tert-OH is 2. The molecule has 4 fully saturated rings. The van der Waals surface area contributed by atoms with Gasteiger partial charge in [-0.15, -0.1) is 0 Å². The molecule has 0 heterocycles. The van der Waals surface area contributed by atoms with Crippen molar-refractivity contribution >= 4 is 0 Å². The van der Waals surface area contributed by atoms with Gasteiger partial charge in [0.05, 0.1) is 0 Å². The zero-order valence-corrected chi connectivity index (χ0v) is 12.1. The maximum atomic E-state index is 9.96. The van der Waals surface area contributed by atoms with E-state index in [9.17, 15) is 10.2 Å². The molecule has 4 rings (SSSR count). The Bertz CT molecular complexity index is 362. The van der Waals surface area contributed by atoms with E-state index in [-0.39, 0.29) is 5.41 Å². The fourth-order valence-corrected chi connectivity index (χ4v) is 7.24. The molecule has 0 saturated heterocycles. The van der Waals surface area contributed by atoms with E-state index in [1.807, 2.05) is 0 Å². The summed E-state index contributed by atoms with van der Waals surface area (Å²) in [6.07, 6.45) is 7.74. The second-order valence-corrected chi connectivity index (χ2v) is 8.00. The summed E-state index contributed by atoms with van der Waals surface area (Å²) in [6, 6.07) is 0. The average molecular weight is 264 g/mol. The third-order valence-corrected chi connectivity index (χ3v) is 7.81. The largest absolute Gasteiger partial charge is 0.396 e. The van der Waals surface area contributed by atoms with Gasteiger partial charge in [-0.05, 0) is 85.4 Å². The molecule has 4 aliphatic rings. The lowest BCUT2D eigenvalue weighted by atomic mass is 9.58. The van der Waals surface area contributed by atoms with E-state index in [0.29, 0.717) is 13.2 Å². The van der Waals surface area contributed by atoms with Gasteiger partial charge in [-0.3, -0.25) is 0 Å². The van der Waals surface area contributed by atoms with Crippen LogP contribution in [0, 0.1) is 46.8 Å². The number of aliphatic hydroxyl groups is 2. The standard InChI is InChI=1S/C17H28O2/c1-2-17(9-19)8-12-7-14(17)16-13-6-11(15(12)16)5-10(13)3-4-18/h10-16,18-19H,2-9H2,1H3. The Labute approximate surface area is 116 Å². The van der Waals surface area contributed by atoms with E-state index in [1.54, 1.807) is 0 Å². The number of hydrogen-bond donors (Lipinski definition) is 2. The maximum absolute atomic E-state index is 9.96. The number of rotatable bonds is 4. The van der Waals surface area contributed by atoms with Gasteiger partial charge in [0, 0.05) is 13.2 Å². The van der Waals surface area contributed by atoms with Gasteiger partial charge in [-0.1, -0.05) is 6.92 Å². The number of hydrogen-bond acceptors (Lipinski definition) is 2. The first-order valence-electron chi connectivity index (χ1n) is 8.45. The minimum atomic E-state index is 0.264. The van der Waals surface area contributed by atoms with Crippen molar-refractivity contribution in [1.82, 2.24) is 0 Å². The molecule has 0 amide bonds. The normalized spacial score (nSPS) is 57.9. The van der Waals surface area contributed by atoms with Crippen LogP contribution in [0.3, 0.4) is 0 Å². The molecule has 4 bridgehead atoms. The summed E-state index contributed by atoms with van der Waals surface area (Å²) in [6.45, 7) is 3.07. The third-order valence-electron chi connectivity index (χ3n) is 7.81. The summed E-state index contributed by atoms with van der Waals surface area (Å²) in [7, 11) is 0. The van der Waals surface area contributed by atoms with Crippen LogP contribution in [-0.2, 0) is 0 Å². The molecule has 4 aliphatic carbocycles. The molecule has 19 heavy (non-hydrogen) atoms. The fraction of sp³-hybridized carbons (Fsp3) is 1.00. The molecule has 0 aromatic heterocycles. The molecule has 4 saturated carbocycles. The summed E-state index contributed by atoms with van der Waals surface area (Å²) >= 11 is 0. The lowest BCUT2D eigenvalue weighted by Crippen LogP contribution is -2.43. The van der Waals surface area contributed by atoms with Crippen molar-refractivity contribution in [2.24, 2.45) is 46.8 Å². The molecule has 0 aliphatic heterocycles. The third kappa shape index (κ3) is 1.45. The summed E-state index contributed by atoms with van der Waals surface area (Å²) in [5.74, 6) is 6.27. The second kappa shape index (κ2) is 4.21. The quantitative estimate of drug-likeness (QED) is 0.766. The average Bonchev–Trinajstić information content (AvgIpc) is 3.15. The van der Waals surface area contributed by atoms with Gasteiger partial charge in [-0.25, -0.2) is 0 Å². The minimum Gasteiger partial charge on any atom is -0.396 e. The maximum Gasteiger partial charge on any atom is 0.0490 e. The first-order valence-corrected chi connectivity index (χ1v) is 8.45. The van der Waals surface area contributed by atoms with E-state index < -0.39 is 0 Å². The molecule has 0 spiro atoms. The Morgan fingerprint density at radius 2 is 1.89 bits per heavy atom. The van der Waals surface area contributed by atoms with Crippen LogP contribution in [0.4, 0.5) is 0 Å². The van der Waals surface area contributed by atoms with Gasteiger partial charge in [0.25, 0.3) is 0 Å². The van der Waals surface area contributed by atoms with E-state index in [4.69, 9.17) is 0 Å². The molecule has 0 aromatic carbocycles. The molecule has 2 nitrogen and oxygen atoms in total. The number of fused-ring (bicyclic) bond motifs is 9. The van der Waals surface area contributed by atoms with Gasteiger partial charge in [0.15, 0.2) is 0 Å². The van der Waals surface area contributed by atoms with Crippen molar-refractivity contribution in [1.29, 1.82) is 0 Å². The summed E-state index contributed by atoms with van der Waals surface area (Å²) in [5, 5.41) is 19.2. The van der Waals surface area contributed by atoms with E-state index in [2.05, 4.69) is 6.92 Å². The summed E-state index contributed by atoms with van der Waals surface area (Å²) in [5.41, 5.74) is 0.264. The molecule has 0 aromatic rings. The Balaban J connectivity index is 1.62. The monoisotopic (exact) mass is 264 g/mol. The molecule has 0 radical (unpaired) electrons. The lowest BCUT2D eigenvalue weighted by Gasteiger charge is -2.47. The Morgan fingerprint density at radius 3 is 2.58 bits per heavy atom. The molecule has 2 N–H and O–H groups in total. The van der Waals surface area contributed by atoms with Crippen molar-refractivity contribution < 1.29 is 10.2 Å². The van der Waals surface area contributed by atoms with Gasteiger partial charge >= 0.3 is 0 Å². The lowest BCUT2D eigenvalue weighted by molar-refractivity contribution is -0.0243. The van der Waals surface area contributed by atoms with Crippen LogP contribution >= 0.6 is 0 Å². The smallest absolute Gasteiger partial charge is 0.0490 e. The highest BCUT2D eigenvalue weighted by Crippen LogP contribution is 2.73. The molecule has 2 heteroatoms. The van der Waals surface area contributed by atoms with Crippen molar-refractivity contribution in [3.8, 4) is 0 Å². The Hall–Kier alpha value is -0.0800. The van der Waals surface area contributed by atoms with E-state index >= 15 is 0 Å². The van der Waals surface area contributed by atoms with E-state index in [0.717, 1.165) is 54.3 Å². The predicted octanol–water partition coefficient (Wildman–Crippen LogP) is 2.69. The van der Waals surface area contributed by atoms with Crippen LogP contribution in [-0.4, -0.2) is 23.4 Å². The van der Waals surface area contributed by atoms with Crippen LogP contribution in [0.5, 0.6) is 0 Å². The zero-order chi connectivity index (χ0) is 13.2. The molecular formula is C17H28O2. The summed E-state index contributed by atoms with van der Waals surface area (Å²) in [4.78, 5) is 0. The Morgan fingerprint density at radius 1 is 1.05 bits per heavy atom. The minimum absolute atomic E-state index is 0.264. The fourth-order valence-electron chi connectivity index (χ4n) is 7.24. The molecular weight excluding hydrogens is 236 g/mol. The highest BCUT2D eigenvalue weighted by molar-refractivity contribution is 5.16. The zero-order valence-electron chi connectivity index (χ0n) is 12.1. The van der Waals surface area contributed by atoms with Crippen LogP contribution in [0.25, 0.3) is 0 Å². The molecule has 8 unspecified atom stereocenters. The van der Waals surface area contributed by atoms with Gasteiger partial charge in [0.2, 0.25) is 0 Å². The van der Waals surface area contributed by atoms with E-state index in [1.165, 1.54) is 25.7 Å². The van der Waals surface area contributed by atoms with Crippen LogP contribution in [0.1, 0.15) is 45.4 Å². The highest BCUT2D eigenvalue weighted by Gasteiger charge is 2.67. The SMILES string of the molecule is CCC1(CO)CC2CC1C1C3CC(CC3CCO)C21. The van der Waals surface area contributed by atoms with Gasteiger partial charge in [0.1, 0.15) is 0 Å². The van der Waals surface area contributed by atoms with Crippen LogP contribution < -0.4 is 0 Å². The van der Waals surface area contributed by atoms with Crippen LogP contribution in [0.15, 0.2) is 0 Å². The molecule has 8 atom stereocenters.